The van der Waals surface area contributed by atoms with Crippen LogP contribution in [0.25, 0.3) is 0 Å². The molecule has 0 aliphatic rings. The number of aryl methyl sites for hydroxylation is 1. The Hall–Kier alpha value is -2.07. The number of nitrogens with zero attached hydrogens (tertiary/aromatic N) is 1. The van der Waals surface area contributed by atoms with Crippen molar-refractivity contribution in [3.8, 4) is 6.07 Å². The number of esters is 1. The van der Waals surface area contributed by atoms with Gasteiger partial charge in [0, 0.05) is 11.4 Å². The normalized spacial score (nSPS) is 10.1. The maximum atomic E-state index is 11.7. The minimum atomic E-state index is -0.440. The minimum Gasteiger partial charge on any atom is -0.463 e. The summed E-state index contributed by atoms with van der Waals surface area (Å²) in [5.41, 5.74) is 1.35. The second kappa shape index (κ2) is 7.64. The summed E-state index contributed by atoms with van der Waals surface area (Å²) < 4.78 is 4.95. The number of rotatable bonds is 5. The van der Waals surface area contributed by atoms with Crippen LogP contribution in [0.5, 0.6) is 0 Å². The van der Waals surface area contributed by atoms with E-state index in [4.69, 9.17) is 10.00 Å². The number of carbonyl (C=O) groups excluding carboxylic acids is 2. The van der Waals surface area contributed by atoms with E-state index >= 15 is 0 Å². The molecule has 0 saturated heterocycles. The van der Waals surface area contributed by atoms with Crippen LogP contribution < -0.4 is 10.6 Å². The summed E-state index contributed by atoms with van der Waals surface area (Å²) in [7, 11) is 0. The predicted molar refractivity (Wildman–Crippen MR) is 81.4 cm³/mol. The van der Waals surface area contributed by atoms with E-state index < -0.39 is 6.03 Å². The van der Waals surface area contributed by atoms with E-state index in [9.17, 15) is 9.59 Å². The molecule has 1 heterocycles. The van der Waals surface area contributed by atoms with Gasteiger partial charge in [-0.1, -0.05) is 0 Å². The number of ether oxygens (including phenoxy) is 1. The van der Waals surface area contributed by atoms with Gasteiger partial charge in [0.05, 0.1) is 18.1 Å². The zero-order valence-electron chi connectivity index (χ0n) is 12.6. The van der Waals surface area contributed by atoms with E-state index in [2.05, 4.69) is 16.7 Å². The molecule has 0 aliphatic carbocycles. The molecule has 0 spiro atoms. The molecule has 2 N–H and O–H groups in total. The quantitative estimate of drug-likeness (QED) is 0.818. The highest BCUT2D eigenvalue weighted by molar-refractivity contribution is 7.16. The second-order valence-electron chi connectivity index (χ2n) is 4.77. The maximum absolute atomic E-state index is 11.7. The van der Waals surface area contributed by atoms with Crippen LogP contribution in [0.4, 0.5) is 9.80 Å². The fourth-order valence-electron chi connectivity index (χ4n) is 1.60. The molecule has 0 unspecified atom stereocenters. The van der Waals surface area contributed by atoms with Gasteiger partial charge in [-0.15, -0.1) is 11.3 Å². The smallest absolute Gasteiger partial charge is 0.319 e. The van der Waals surface area contributed by atoms with Crippen LogP contribution >= 0.6 is 11.3 Å². The molecule has 0 aliphatic heterocycles. The molecule has 6 nitrogen and oxygen atoms in total. The summed E-state index contributed by atoms with van der Waals surface area (Å²) in [5, 5.41) is 14.8. The fraction of sp³-hybridized carbons (Fsp3) is 0.500. The lowest BCUT2D eigenvalue weighted by Gasteiger charge is -2.09. The lowest BCUT2D eigenvalue weighted by Crippen LogP contribution is -2.31. The Labute approximate surface area is 128 Å². The van der Waals surface area contributed by atoms with E-state index in [1.54, 1.807) is 13.8 Å². The molecule has 0 radical (unpaired) electrons. The van der Waals surface area contributed by atoms with Crippen molar-refractivity contribution in [2.75, 3.05) is 11.9 Å². The number of hydrogen-bond donors (Lipinski definition) is 2. The Morgan fingerprint density at radius 2 is 2.05 bits per heavy atom. The van der Waals surface area contributed by atoms with Crippen LogP contribution in [0.3, 0.4) is 0 Å². The number of hydrogen-bond acceptors (Lipinski definition) is 5. The molecule has 1 aromatic rings. The highest BCUT2D eigenvalue weighted by atomic mass is 32.1. The van der Waals surface area contributed by atoms with Crippen molar-refractivity contribution in [2.45, 2.75) is 40.2 Å². The highest BCUT2D eigenvalue weighted by Gasteiger charge is 2.14. The van der Waals surface area contributed by atoms with Crippen molar-refractivity contribution < 1.29 is 14.3 Å². The average molecular weight is 309 g/mol. The van der Waals surface area contributed by atoms with Gasteiger partial charge in [0.1, 0.15) is 11.1 Å². The van der Waals surface area contributed by atoms with Crippen molar-refractivity contribution in [1.29, 1.82) is 5.26 Å². The summed E-state index contributed by atoms with van der Waals surface area (Å²) in [6, 6.07) is 1.64. The first-order valence-electron chi connectivity index (χ1n) is 6.59. The monoisotopic (exact) mass is 309 g/mol. The maximum Gasteiger partial charge on any atom is 0.319 e. The molecule has 0 saturated carbocycles. The molecule has 0 bridgehead atoms. The van der Waals surface area contributed by atoms with E-state index in [-0.39, 0.29) is 25.0 Å². The van der Waals surface area contributed by atoms with Gasteiger partial charge in [0.25, 0.3) is 0 Å². The zero-order chi connectivity index (χ0) is 16.0. The van der Waals surface area contributed by atoms with Gasteiger partial charge >= 0.3 is 12.0 Å². The molecule has 0 atom stereocenters. The number of amides is 2. The van der Waals surface area contributed by atoms with Gasteiger partial charge in [-0.05, 0) is 33.3 Å². The Kier molecular flexibility index (Phi) is 6.18. The standard InChI is InChI=1S/C14H19N3O3S/c1-8(2)20-12(18)5-6-16-14(19)17-13-11(7-15)9(3)10(4)21-13/h8H,5-6H2,1-4H3,(H2,16,17,19). The van der Waals surface area contributed by atoms with Gasteiger partial charge in [-0.3, -0.25) is 10.1 Å². The molecule has 2 amide bonds. The molecular formula is C14H19N3O3S. The Morgan fingerprint density at radius 3 is 2.62 bits per heavy atom. The first kappa shape index (κ1) is 17.0. The van der Waals surface area contributed by atoms with E-state index in [1.165, 1.54) is 11.3 Å². The largest absolute Gasteiger partial charge is 0.463 e. The van der Waals surface area contributed by atoms with Crippen LogP contribution in [0, 0.1) is 25.2 Å². The summed E-state index contributed by atoms with van der Waals surface area (Å²) in [4.78, 5) is 24.0. The van der Waals surface area contributed by atoms with Gasteiger partial charge in [-0.25, -0.2) is 4.79 Å². The number of anilines is 1. The number of nitriles is 1. The summed E-state index contributed by atoms with van der Waals surface area (Å²) in [6.45, 7) is 7.45. The number of urea groups is 1. The Bertz CT molecular complexity index is 573. The molecule has 7 heteroatoms. The van der Waals surface area contributed by atoms with E-state index in [0.29, 0.717) is 10.6 Å². The summed E-state index contributed by atoms with van der Waals surface area (Å²) >= 11 is 1.36. The third kappa shape index (κ3) is 5.08. The van der Waals surface area contributed by atoms with E-state index in [1.807, 2.05) is 13.8 Å². The van der Waals surface area contributed by atoms with Gasteiger partial charge in [-0.2, -0.15) is 5.26 Å². The highest BCUT2D eigenvalue weighted by Crippen LogP contribution is 2.31. The van der Waals surface area contributed by atoms with Crippen LogP contribution in [-0.4, -0.2) is 24.6 Å². The number of carbonyl (C=O) groups is 2. The third-order valence-electron chi connectivity index (χ3n) is 2.71. The lowest BCUT2D eigenvalue weighted by atomic mass is 10.2. The Balaban J connectivity index is 2.47. The van der Waals surface area contributed by atoms with Crippen LogP contribution in [0.15, 0.2) is 0 Å². The summed E-state index contributed by atoms with van der Waals surface area (Å²) in [6.07, 6.45) is -0.0549. The fourth-order valence-corrected chi connectivity index (χ4v) is 2.60. The first-order chi connectivity index (χ1) is 9.85. The molecule has 0 aromatic carbocycles. The van der Waals surface area contributed by atoms with Crippen molar-refractivity contribution in [3.63, 3.8) is 0 Å². The van der Waals surface area contributed by atoms with E-state index in [0.717, 1.165) is 10.4 Å². The number of nitrogens with one attached hydrogen (secondary N) is 2. The second-order valence-corrected chi connectivity index (χ2v) is 5.99. The molecule has 1 rings (SSSR count). The Morgan fingerprint density at radius 1 is 1.38 bits per heavy atom. The SMILES string of the molecule is Cc1sc(NC(=O)NCCC(=O)OC(C)C)c(C#N)c1C. The van der Waals surface area contributed by atoms with Crippen LogP contribution in [0.1, 0.15) is 36.3 Å². The molecule has 0 fully saturated rings. The van der Waals surface area contributed by atoms with Gasteiger partial charge in [0.15, 0.2) is 0 Å². The first-order valence-corrected chi connectivity index (χ1v) is 7.41. The van der Waals surface area contributed by atoms with Crippen molar-refractivity contribution in [1.82, 2.24) is 5.32 Å². The van der Waals surface area contributed by atoms with Gasteiger partial charge in [0.2, 0.25) is 0 Å². The van der Waals surface area contributed by atoms with Crippen LogP contribution in [0.2, 0.25) is 0 Å². The lowest BCUT2D eigenvalue weighted by molar-refractivity contribution is -0.147. The summed E-state index contributed by atoms with van der Waals surface area (Å²) in [5.74, 6) is -0.356. The molecule has 1 aromatic heterocycles. The average Bonchev–Trinajstić information content (AvgIpc) is 2.63. The number of thiophene rings is 1. The van der Waals surface area contributed by atoms with Crippen LogP contribution in [-0.2, 0) is 9.53 Å². The topological polar surface area (TPSA) is 91.2 Å². The van der Waals surface area contributed by atoms with Crippen molar-refractivity contribution >= 4 is 28.3 Å². The van der Waals surface area contributed by atoms with Crippen molar-refractivity contribution in [2.24, 2.45) is 0 Å². The molecular weight excluding hydrogens is 290 g/mol. The molecule has 114 valence electrons. The zero-order valence-corrected chi connectivity index (χ0v) is 13.4. The predicted octanol–water partition coefficient (Wildman–Crippen LogP) is 2.70. The molecule has 21 heavy (non-hydrogen) atoms. The minimum absolute atomic E-state index is 0.110. The van der Waals surface area contributed by atoms with Gasteiger partial charge < -0.3 is 10.1 Å². The van der Waals surface area contributed by atoms with Crippen molar-refractivity contribution in [3.05, 3.63) is 16.0 Å². The third-order valence-corrected chi connectivity index (χ3v) is 3.83.